The molecule has 0 rings (SSSR count). The van der Waals surface area contributed by atoms with E-state index in [0.29, 0.717) is 0 Å². The number of thioether (sulfide) groups is 1. The van der Waals surface area contributed by atoms with Gasteiger partial charge in [0.15, 0.2) is 0 Å². The minimum absolute atomic E-state index is 0.883. The molecule has 0 bridgehead atoms. The second-order valence-electron chi connectivity index (χ2n) is 1.10. The molecule has 0 unspecified atom stereocenters. The number of carboxylic acid groups (broad SMARTS) is 1. The van der Waals surface area contributed by atoms with Crippen LogP contribution in [0.25, 0.3) is 0 Å². The summed E-state index contributed by atoms with van der Waals surface area (Å²) in [4.78, 5) is 9.77. The Labute approximate surface area is 52.6 Å². The zero-order valence-corrected chi connectivity index (χ0v) is 5.44. The molecule has 0 heterocycles. The zero-order valence-electron chi connectivity index (χ0n) is 4.63. The third-order valence-corrected chi connectivity index (χ3v) is 1.14. The Morgan fingerprint density at radius 1 is 1.88 bits per heavy atom. The standard InChI is InChI=1S/C5H8O2S/c1-2-8-4-3-5(6)7/h3-4H,2H2,1H3,(H,6,7)/b4-3-. The molecular weight excluding hydrogens is 124 g/mol. The lowest BCUT2D eigenvalue weighted by Gasteiger charge is -1.79. The van der Waals surface area contributed by atoms with Crippen LogP contribution in [0.4, 0.5) is 0 Å². The maximum absolute atomic E-state index is 9.77. The van der Waals surface area contributed by atoms with Gasteiger partial charge in [0.05, 0.1) is 0 Å². The SMILES string of the molecule is CCS/C=C\C(=O)O. The van der Waals surface area contributed by atoms with Crippen LogP contribution in [0, 0.1) is 0 Å². The summed E-state index contributed by atoms with van der Waals surface area (Å²) in [6.07, 6.45) is 1.13. The second kappa shape index (κ2) is 4.71. The van der Waals surface area contributed by atoms with Crippen molar-refractivity contribution in [3.05, 3.63) is 11.5 Å². The fraction of sp³-hybridized carbons (Fsp3) is 0.400. The molecule has 0 radical (unpaired) electrons. The van der Waals surface area contributed by atoms with E-state index in [1.54, 1.807) is 5.41 Å². The van der Waals surface area contributed by atoms with Gasteiger partial charge in [0.2, 0.25) is 0 Å². The van der Waals surface area contributed by atoms with E-state index in [1.165, 1.54) is 11.8 Å². The van der Waals surface area contributed by atoms with Gasteiger partial charge >= 0.3 is 5.97 Å². The van der Waals surface area contributed by atoms with Crippen molar-refractivity contribution in [2.24, 2.45) is 0 Å². The van der Waals surface area contributed by atoms with Gasteiger partial charge in [0.1, 0.15) is 0 Å². The molecule has 0 fully saturated rings. The van der Waals surface area contributed by atoms with Crippen molar-refractivity contribution in [1.82, 2.24) is 0 Å². The van der Waals surface area contributed by atoms with Crippen LogP contribution in [0.5, 0.6) is 0 Å². The van der Waals surface area contributed by atoms with Crippen LogP contribution < -0.4 is 0 Å². The Hall–Kier alpha value is -0.440. The number of rotatable bonds is 3. The van der Waals surface area contributed by atoms with Gasteiger partial charge in [-0.05, 0) is 11.2 Å². The lowest BCUT2D eigenvalue weighted by atomic mass is 10.7. The first-order chi connectivity index (χ1) is 3.77. The fourth-order valence-electron chi connectivity index (χ4n) is 0.203. The van der Waals surface area contributed by atoms with E-state index in [1.807, 2.05) is 6.92 Å². The van der Waals surface area contributed by atoms with Crippen molar-refractivity contribution in [3.63, 3.8) is 0 Å². The lowest BCUT2D eigenvalue weighted by molar-refractivity contribution is -0.131. The van der Waals surface area contributed by atoms with Crippen molar-refractivity contribution < 1.29 is 9.90 Å². The Bertz CT molecular complexity index is 98.6. The van der Waals surface area contributed by atoms with Crippen molar-refractivity contribution in [1.29, 1.82) is 0 Å². The summed E-state index contributed by atoms with van der Waals surface area (Å²) in [7, 11) is 0. The highest BCUT2D eigenvalue weighted by Gasteiger charge is 1.81. The summed E-state index contributed by atoms with van der Waals surface area (Å²) in [5.41, 5.74) is 0. The Kier molecular flexibility index (Phi) is 4.45. The van der Waals surface area contributed by atoms with Crippen molar-refractivity contribution in [2.45, 2.75) is 6.92 Å². The van der Waals surface area contributed by atoms with E-state index in [4.69, 9.17) is 5.11 Å². The first-order valence-electron chi connectivity index (χ1n) is 2.28. The van der Waals surface area contributed by atoms with Gasteiger partial charge in [-0.15, -0.1) is 11.8 Å². The molecular formula is C5H8O2S. The number of hydrogen-bond acceptors (Lipinski definition) is 2. The molecule has 0 aromatic carbocycles. The fourth-order valence-corrected chi connectivity index (χ4v) is 0.608. The summed E-state index contributed by atoms with van der Waals surface area (Å²) in [5, 5.41) is 9.61. The van der Waals surface area contributed by atoms with Gasteiger partial charge in [-0.3, -0.25) is 0 Å². The highest BCUT2D eigenvalue weighted by Crippen LogP contribution is 1.98. The number of carbonyl (C=O) groups is 1. The Balaban J connectivity index is 3.20. The molecule has 1 N–H and O–H groups in total. The van der Waals surface area contributed by atoms with Gasteiger partial charge in [0.25, 0.3) is 0 Å². The van der Waals surface area contributed by atoms with Crippen LogP contribution >= 0.6 is 11.8 Å². The summed E-state index contributed by atoms with van der Waals surface area (Å²) >= 11 is 1.48. The molecule has 0 aromatic rings. The van der Waals surface area contributed by atoms with Gasteiger partial charge in [-0.25, -0.2) is 4.79 Å². The average Bonchev–Trinajstić information content (AvgIpc) is 1.66. The molecule has 0 aliphatic heterocycles. The molecule has 46 valence electrons. The zero-order chi connectivity index (χ0) is 6.41. The monoisotopic (exact) mass is 132 g/mol. The van der Waals surface area contributed by atoms with Crippen molar-refractivity contribution in [3.8, 4) is 0 Å². The Morgan fingerprint density at radius 2 is 2.50 bits per heavy atom. The minimum atomic E-state index is -0.883. The molecule has 0 saturated carbocycles. The summed E-state index contributed by atoms with van der Waals surface area (Å²) in [6, 6.07) is 0. The maximum Gasteiger partial charge on any atom is 0.328 e. The average molecular weight is 132 g/mol. The van der Waals surface area contributed by atoms with E-state index < -0.39 is 5.97 Å². The summed E-state index contributed by atoms with van der Waals surface area (Å²) in [6.45, 7) is 1.97. The molecule has 8 heavy (non-hydrogen) atoms. The van der Waals surface area contributed by atoms with Crippen LogP contribution in [0.3, 0.4) is 0 Å². The number of carboxylic acids is 1. The van der Waals surface area contributed by atoms with Crippen LogP contribution in [0.1, 0.15) is 6.92 Å². The van der Waals surface area contributed by atoms with Crippen molar-refractivity contribution >= 4 is 17.7 Å². The summed E-state index contributed by atoms with van der Waals surface area (Å²) in [5.74, 6) is 0.0370. The minimum Gasteiger partial charge on any atom is -0.478 e. The van der Waals surface area contributed by atoms with E-state index in [0.717, 1.165) is 11.8 Å². The van der Waals surface area contributed by atoms with Crippen LogP contribution in [0.15, 0.2) is 11.5 Å². The van der Waals surface area contributed by atoms with Gasteiger partial charge in [-0.1, -0.05) is 6.92 Å². The largest absolute Gasteiger partial charge is 0.478 e. The first-order valence-corrected chi connectivity index (χ1v) is 3.33. The molecule has 0 aromatic heterocycles. The quantitative estimate of drug-likeness (QED) is 0.589. The predicted octanol–water partition coefficient (Wildman–Crippen LogP) is 1.34. The van der Waals surface area contributed by atoms with Crippen molar-refractivity contribution in [2.75, 3.05) is 5.75 Å². The first kappa shape index (κ1) is 7.56. The number of aliphatic carboxylic acids is 1. The molecule has 0 spiro atoms. The third kappa shape index (κ3) is 5.56. The second-order valence-corrected chi connectivity index (χ2v) is 2.28. The maximum atomic E-state index is 9.77. The summed E-state index contributed by atoms with van der Waals surface area (Å²) < 4.78 is 0. The highest BCUT2D eigenvalue weighted by molar-refractivity contribution is 8.02. The molecule has 0 aliphatic carbocycles. The van der Waals surface area contributed by atoms with Crippen LogP contribution in [-0.2, 0) is 4.79 Å². The molecule has 0 aliphatic rings. The predicted molar refractivity (Wildman–Crippen MR) is 34.9 cm³/mol. The highest BCUT2D eigenvalue weighted by atomic mass is 32.2. The van der Waals surface area contributed by atoms with E-state index >= 15 is 0 Å². The normalized spacial score (nSPS) is 10.1. The van der Waals surface area contributed by atoms with E-state index in [2.05, 4.69) is 0 Å². The van der Waals surface area contributed by atoms with Gasteiger partial charge < -0.3 is 5.11 Å². The Morgan fingerprint density at radius 3 is 2.88 bits per heavy atom. The molecule has 2 nitrogen and oxygen atoms in total. The third-order valence-electron chi connectivity index (χ3n) is 0.474. The van der Waals surface area contributed by atoms with E-state index in [9.17, 15) is 4.79 Å². The molecule has 0 saturated heterocycles. The lowest BCUT2D eigenvalue weighted by Crippen LogP contribution is -1.84. The van der Waals surface area contributed by atoms with E-state index in [-0.39, 0.29) is 0 Å². The molecule has 3 heteroatoms. The van der Waals surface area contributed by atoms with Crippen LogP contribution in [0.2, 0.25) is 0 Å². The van der Waals surface area contributed by atoms with Gasteiger partial charge in [-0.2, -0.15) is 0 Å². The van der Waals surface area contributed by atoms with Crippen LogP contribution in [-0.4, -0.2) is 16.8 Å². The molecule has 0 atom stereocenters. The number of hydrogen-bond donors (Lipinski definition) is 1. The molecule has 0 amide bonds. The van der Waals surface area contributed by atoms with Gasteiger partial charge in [0, 0.05) is 6.08 Å². The smallest absolute Gasteiger partial charge is 0.328 e. The topological polar surface area (TPSA) is 37.3 Å².